The van der Waals surface area contributed by atoms with Crippen molar-refractivity contribution in [3.05, 3.63) is 45.6 Å². The van der Waals surface area contributed by atoms with Crippen molar-refractivity contribution in [1.29, 1.82) is 0 Å². The minimum Gasteiger partial charge on any atom is -0.338 e. The molecule has 0 spiro atoms. The first-order valence-corrected chi connectivity index (χ1v) is 8.47. The summed E-state index contributed by atoms with van der Waals surface area (Å²) in [7, 11) is 0. The minimum atomic E-state index is -0.259. The summed E-state index contributed by atoms with van der Waals surface area (Å²) >= 11 is 1.44. The van der Waals surface area contributed by atoms with Crippen LogP contribution < -0.4 is 16.0 Å². The molecule has 5 nitrogen and oxygen atoms in total. The lowest BCUT2D eigenvalue weighted by molar-refractivity contribution is 0.102. The molecule has 0 atom stereocenters. The summed E-state index contributed by atoms with van der Waals surface area (Å²) < 4.78 is 0. The second-order valence-corrected chi connectivity index (χ2v) is 5.96. The minimum absolute atomic E-state index is 0.116. The molecule has 0 unspecified atom stereocenters. The van der Waals surface area contributed by atoms with Gasteiger partial charge in [0.25, 0.3) is 5.91 Å². The number of carbonyl (C=O) groups excluding carboxylic acids is 2. The summed E-state index contributed by atoms with van der Waals surface area (Å²) in [5, 5.41) is 10.3. The Bertz CT molecular complexity index is 710. The van der Waals surface area contributed by atoms with Crippen molar-refractivity contribution >= 4 is 34.6 Å². The van der Waals surface area contributed by atoms with Gasteiger partial charge in [-0.05, 0) is 55.0 Å². The third kappa shape index (κ3) is 4.10. The lowest BCUT2D eigenvalue weighted by Gasteiger charge is -2.13. The first kappa shape index (κ1) is 17.0. The van der Waals surface area contributed by atoms with E-state index in [1.807, 2.05) is 44.4 Å². The van der Waals surface area contributed by atoms with Crippen molar-refractivity contribution in [3.63, 3.8) is 0 Å². The van der Waals surface area contributed by atoms with Crippen molar-refractivity contribution in [2.24, 2.45) is 0 Å². The molecule has 6 heteroatoms. The molecule has 1 aromatic heterocycles. The van der Waals surface area contributed by atoms with Gasteiger partial charge in [-0.25, -0.2) is 4.79 Å². The van der Waals surface area contributed by atoms with Gasteiger partial charge in [0.2, 0.25) is 0 Å². The maximum Gasteiger partial charge on any atom is 0.319 e. The van der Waals surface area contributed by atoms with Crippen LogP contribution in [0.25, 0.3) is 0 Å². The van der Waals surface area contributed by atoms with Gasteiger partial charge in [-0.1, -0.05) is 13.0 Å². The van der Waals surface area contributed by atoms with Crippen molar-refractivity contribution < 1.29 is 9.59 Å². The topological polar surface area (TPSA) is 70.2 Å². The molecule has 0 aliphatic carbocycles. The molecule has 0 fully saturated rings. The van der Waals surface area contributed by atoms with E-state index in [2.05, 4.69) is 16.0 Å². The van der Waals surface area contributed by atoms with Gasteiger partial charge in [-0.2, -0.15) is 0 Å². The Kier molecular flexibility index (Phi) is 5.76. The normalized spacial score (nSPS) is 10.2. The molecule has 0 bridgehead atoms. The van der Waals surface area contributed by atoms with Crippen molar-refractivity contribution in [2.75, 3.05) is 17.2 Å². The second kappa shape index (κ2) is 7.78. The van der Waals surface area contributed by atoms with Crippen molar-refractivity contribution in [3.8, 4) is 0 Å². The van der Waals surface area contributed by atoms with Gasteiger partial charge in [0.1, 0.15) is 0 Å². The maximum atomic E-state index is 12.4. The second-order valence-electron chi connectivity index (χ2n) is 5.05. The van der Waals surface area contributed by atoms with E-state index in [9.17, 15) is 9.59 Å². The molecule has 3 amide bonds. The Hall–Kier alpha value is -2.34. The molecule has 1 heterocycles. The number of thiophene rings is 1. The number of rotatable bonds is 5. The lowest BCUT2D eigenvalue weighted by atomic mass is 10.1. The van der Waals surface area contributed by atoms with E-state index < -0.39 is 0 Å². The van der Waals surface area contributed by atoms with Crippen LogP contribution in [0, 0.1) is 6.92 Å². The SMILES string of the molecule is CCNC(=O)Nc1cccc(NC(=O)c2sccc2CC)c1C. The number of benzene rings is 1. The molecule has 0 aliphatic heterocycles. The molecule has 23 heavy (non-hydrogen) atoms. The fraction of sp³-hybridized carbons (Fsp3) is 0.294. The highest BCUT2D eigenvalue weighted by Crippen LogP contribution is 2.25. The van der Waals surface area contributed by atoms with Crippen LogP contribution in [0.1, 0.15) is 34.6 Å². The van der Waals surface area contributed by atoms with Gasteiger partial charge in [-0.3, -0.25) is 4.79 Å². The van der Waals surface area contributed by atoms with Crippen LogP contribution in [-0.4, -0.2) is 18.5 Å². The average Bonchev–Trinajstić information content (AvgIpc) is 3.00. The van der Waals surface area contributed by atoms with Crippen LogP contribution in [0.4, 0.5) is 16.2 Å². The third-order valence-corrected chi connectivity index (χ3v) is 4.46. The van der Waals surface area contributed by atoms with Gasteiger partial charge in [0.15, 0.2) is 0 Å². The van der Waals surface area contributed by atoms with Gasteiger partial charge in [0, 0.05) is 17.9 Å². The van der Waals surface area contributed by atoms with Crippen LogP contribution in [0.15, 0.2) is 29.6 Å². The van der Waals surface area contributed by atoms with E-state index in [-0.39, 0.29) is 11.9 Å². The number of carbonyl (C=O) groups is 2. The third-order valence-electron chi connectivity index (χ3n) is 3.50. The average molecular weight is 331 g/mol. The van der Waals surface area contributed by atoms with Gasteiger partial charge in [0.05, 0.1) is 4.88 Å². The van der Waals surface area contributed by atoms with Crippen molar-refractivity contribution in [1.82, 2.24) is 5.32 Å². The quantitative estimate of drug-likeness (QED) is 0.774. The summed E-state index contributed by atoms with van der Waals surface area (Å²) in [4.78, 5) is 24.8. The van der Waals surface area contributed by atoms with Crippen LogP contribution in [0.5, 0.6) is 0 Å². The zero-order valence-electron chi connectivity index (χ0n) is 13.5. The fourth-order valence-corrected chi connectivity index (χ4v) is 3.12. The van der Waals surface area contributed by atoms with Crippen LogP contribution in [0.2, 0.25) is 0 Å². The largest absolute Gasteiger partial charge is 0.338 e. The Morgan fingerprint density at radius 2 is 1.78 bits per heavy atom. The van der Waals surface area contributed by atoms with Crippen LogP contribution >= 0.6 is 11.3 Å². The highest BCUT2D eigenvalue weighted by atomic mass is 32.1. The standard InChI is InChI=1S/C17H21N3O2S/c1-4-12-9-10-23-15(12)16(21)19-13-7-6-8-14(11(13)3)20-17(22)18-5-2/h6-10H,4-5H2,1-3H3,(H,19,21)(H2,18,20,22). The number of hydrogen-bond acceptors (Lipinski definition) is 3. The molecule has 0 radical (unpaired) electrons. The molecule has 0 saturated heterocycles. The Morgan fingerprint density at radius 3 is 2.43 bits per heavy atom. The molecule has 2 aromatic rings. The Labute approximate surface area is 140 Å². The van der Waals surface area contributed by atoms with Gasteiger partial charge >= 0.3 is 6.03 Å². The van der Waals surface area contributed by atoms with E-state index in [0.717, 1.165) is 22.4 Å². The maximum absolute atomic E-state index is 12.4. The van der Waals surface area contributed by atoms with E-state index in [1.54, 1.807) is 6.07 Å². The predicted molar refractivity (Wildman–Crippen MR) is 95.5 cm³/mol. The van der Waals surface area contributed by atoms with E-state index in [4.69, 9.17) is 0 Å². The summed E-state index contributed by atoms with van der Waals surface area (Å²) in [6, 6.07) is 7.16. The highest BCUT2D eigenvalue weighted by molar-refractivity contribution is 7.12. The van der Waals surface area contributed by atoms with Crippen LogP contribution in [0.3, 0.4) is 0 Å². The zero-order valence-corrected chi connectivity index (χ0v) is 14.3. The van der Waals surface area contributed by atoms with Gasteiger partial charge < -0.3 is 16.0 Å². The molecular weight excluding hydrogens is 310 g/mol. The first-order valence-electron chi connectivity index (χ1n) is 7.59. The summed E-state index contributed by atoms with van der Waals surface area (Å²) in [6.07, 6.45) is 0.823. The summed E-state index contributed by atoms with van der Waals surface area (Å²) in [6.45, 7) is 6.31. The smallest absolute Gasteiger partial charge is 0.319 e. The number of hydrogen-bond donors (Lipinski definition) is 3. The Balaban J connectivity index is 2.17. The number of amides is 3. The first-order chi connectivity index (χ1) is 11.1. The number of urea groups is 1. The lowest BCUT2D eigenvalue weighted by Crippen LogP contribution is -2.28. The van der Waals surface area contributed by atoms with E-state index in [1.165, 1.54) is 11.3 Å². The number of nitrogens with one attached hydrogen (secondary N) is 3. The molecule has 122 valence electrons. The molecular formula is C17H21N3O2S. The van der Waals surface area contributed by atoms with Crippen molar-refractivity contribution in [2.45, 2.75) is 27.2 Å². The molecule has 1 aromatic carbocycles. The Morgan fingerprint density at radius 1 is 1.09 bits per heavy atom. The molecule has 2 rings (SSSR count). The molecule has 3 N–H and O–H groups in total. The summed E-state index contributed by atoms with van der Waals surface area (Å²) in [5.41, 5.74) is 3.24. The van der Waals surface area contributed by atoms with E-state index >= 15 is 0 Å². The number of aryl methyl sites for hydroxylation is 1. The molecule has 0 aliphatic rings. The van der Waals surface area contributed by atoms with E-state index in [0.29, 0.717) is 17.9 Å². The fourth-order valence-electron chi connectivity index (χ4n) is 2.23. The van der Waals surface area contributed by atoms with Gasteiger partial charge in [-0.15, -0.1) is 11.3 Å². The van der Waals surface area contributed by atoms with Crippen LogP contribution in [-0.2, 0) is 6.42 Å². The zero-order chi connectivity index (χ0) is 16.8. The highest BCUT2D eigenvalue weighted by Gasteiger charge is 2.14. The monoisotopic (exact) mass is 331 g/mol. The summed E-state index contributed by atoms with van der Waals surface area (Å²) in [5.74, 6) is -0.116. The predicted octanol–water partition coefficient (Wildman–Crippen LogP) is 4.01. The molecule has 0 saturated carbocycles. The number of anilines is 2.